The Bertz CT molecular complexity index is 1120. The van der Waals surface area contributed by atoms with Gasteiger partial charge in [-0.3, -0.25) is 4.72 Å². The summed E-state index contributed by atoms with van der Waals surface area (Å²) in [5, 5.41) is 9.63. The van der Waals surface area contributed by atoms with Gasteiger partial charge in [0.15, 0.2) is 0 Å². The maximum atomic E-state index is 12.7. The maximum Gasteiger partial charge on any atom is 0.337 e. The third-order valence-corrected chi connectivity index (χ3v) is 5.87. The smallest absolute Gasteiger partial charge is 0.337 e. The van der Waals surface area contributed by atoms with Crippen LogP contribution < -0.4 is 4.72 Å². The van der Waals surface area contributed by atoms with Gasteiger partial charge in [0, 0.05) is 5.02 Å². The van der Waals surface area contributed by atoms with Crippen molar-refractivity contribution >= 4 is 44.9 Å². The third-order valence-electron chi connectivity index (χ3n) is 3.78. The summed E-state index contributed by atoms with van der Waals surface area (Å²) in [5.74, 6) is -1.26. The first-order valence-corrected chi connectivity index (χ1v) is 9.92. The lowest BCUT2D eigenvalue weighted by atomic mass is 10.0. The van der Waals surface area contributed by atoms with Crippen molar-refractivity contribution in [3.63, 3.8) is 0 Å². The molecule has 0 aliphatic carbocycles. The van der Waals surface area contributed by atoms with Gasteiger partial charge in [0.1, 0.15) is 4.90 Å². The van der Waals surface area contributed by atoms with E-state index in [1.165, 1.54) is 30.3 Å². The molecule has 0 radical (unpaired) electrons. The van der Waals surface area contributed by atoms with Crippen molar-refractivity contribution in [2.24, 2.45) is 0 Å². The van der Waals surface area contributed by atoms with Crippen LogP contribution in [-0.2, 0) is 10.0 Å². The predicted octanol–water partition coefficient (Wildman–Crippen LogP) is 5.16. The molecular formula is C19H13Cl2NO4S. The standard InChI is InChI=1S/C19H13Cl2NO4S/c20-14-7-9-18(16(21)11-14)27(25,26)22-17-10-13(6-8-15(17)19(23)24)12-4-2-1-3-5-12/h1-11,22H,(H,23,24). The van der Waals surface area contributed by atoms with Gasteiger partial charge in [-0.25, -0.2) is 13.2 Å². The van der Waals surface area contributed by atoms with Gasteiger partial charge in [0.2, 0.25) is 0 Å². The van der Waals surface area contributed by atoms with E-state index < -0.39 is 16.0 Å². The number of benzene rings is 3. The number of rotatable bonds is 5. The zero-order chi connectivity index (χ0) is 19.6. The molecule has 138 valence electrons. The second kappa shape index (κ2) is 7.60. The van der Waals surface area contributed by atoms with Gasteiger partial charge in [-0.2, -0.15) is 0 Å². The Morgan fingerprint density at radius 2 is 1.59 bits per heavy atom. The minimum atomic E-state index is -4.12. The molecule has 8 heteroatoms. The van der Waals surface area contributed by atoms with Crippen molar-refractivity contribution in [3.05, 3.63) is 82.3 Å². The molecule has 0 bridgehead atoms. The van der Waals surface area contributed by atoms with Crippen LogP contribution in [-0.4, -0.2) is 19.5 Å². The first-order chi connectivity index (χ1) is 12.8. The number of carboxylic acids is 1. The van der Waals surface area contributed by atoms with Gasteiger partial charge in [-0.1, -0.05) is 59.6 Å². The molecule has 2 N–H and O–H groups in total. The van der Waals surface area contributed by atoms with E-state index >= 15 is 0 Å². The van der Waals surface area contributed by atoms with Gasteiger partial charge < -0.3 is 5.11 Å². The zero-order valence-corrected chi connectivity index (χ0v) is 16.0. The van der Waals surface area contributed by atoms with E-state index in [0.29, 0.717) is 5.56 Å². The molecule has 0 unspecified atom stereocenters. The molecular weight excluding hydrogens is 409 g/mol. The second-order valence-corrected chi connectivity index (χ2v) is 8.11. The lowest BCUT2D eigenvalue weighted by Gasteiger charge is -2.13. The molecule has 0 aromatic heterocycles. The number of nitrogens with one attached hydrogen (secondary N) is 1. The molecule has 0 amide bonds. The SMILES string of the molecule is O=C(O)c1ccc(-c2ccccc2)cc1NS(=O)(=O)c1ccc(Cl)cc1Cl. The Hall–Kier alpha value is -2.54. The van der Waals surface area contributed by atoms with Crippen LogP contribution in [0.5, 0.6) is 0 Å². The minimum Gasteiger partial charge on any atom is -0.478 e. The maximum absolute atomic E-state index is 12.7. The highest BCUT2D eigenvalue weighted by molar-refractivity contribution is 7.92. The van der Waals surface area contributed by atoms with E-state index in [0.717, 1.165) is 5.56 Å². The Morgan fingerprint density at radius 3 is 2.22 bits per heavy atom. The Morgan fingerprint density at radius 1 is 0.889 bits per heavy atom. The summed E-state index contributed by atoms with van der Waals surface area (Å²) in [6.07, 6.45) is 0. The lowest BCUT2D eigenvalue weighted by molar-refractivity contribution is 0.0698. The Kier molecular flexibility index (Phi) is 5.41. The number of carboxylic acid groups (broad SMARTS) is 1. The molecule has 0 heterocycles. The summed E-state index contributed by atoms with van der Waals surface area (Å²) in [7, 11) is -4.12. The molecule has 3 rings (SSSR count). The zero-order valence-electron chi connectivity index (χ0n) is 13.7. The number of halogens is 2. The van der Waals surface area contributed by atoms with Crippen LogP contribution in [0.15, 0.2) is 71.6 Å². The Balaban J connectivity index is 2.08. The number of sulfonamides is 1. The fourth-order valence-electron chi connectivity index (χ4n) is 2.52. The average molecular weight is 422 g/mol. The van der Waals surface area contributed by atoms with E-state index in [-0.39, 0.29) is 26.2 Å². The highest BCUT2D eigenvalue weighted by Crippen LogP contribution is 2.30. The topological polar surface area (TPSA) is 83.5 Å². The summed E-state index contributed by atoms with van der Waals surface area (Å²) in [5.41, 5.74) is 1.25. The molecule has 0 spiro atoms. The van der Waals surface area contributed by atoms with Crippen LogP contribution in [0.2, 0.25) is 10.0 Å². The van der Waals surface area contributed by atoms with Gasteiger partial charge in [-0.15, -0.1) is 0 Å². The first-order valence-electron chi connectivity index (χ1n) is 7.68. The first kappa shape index (κ1) is 19.2. The van der Waals surface area contributed by atoms with Crippen molar-refractivity contribution in [2.45, 2.75) is 4.90 Å². The molecule has 0 saturated carbocycles. The molecule has 0 fully saturated rings. The van der Waals surface area contributed by atoms with E-state index in [2.05, 4.69) is 4.72 Å². The molecule has 3 aromatic carbocycles. The van der Waals surface area contributed by atoms with Crippen molar-refractivity contribution < 1.29 is 18.3 Å². The highest BCUT2D eigenvalue weighted by atomic mass is 35.5. The monoisotopic (exact) mass is 421 g/mol. The summed E-state index contributed by atoms with van der Waals surface area (Å²) >= 11 is 11.8. The fourth-order valence-corrected chi connectivity index (χ4v) is 4.36. The largest absolute Gasteiger partial charge is 0.478 e. The lowest BCUT2D eigenvalue weighted by Crippen LogP contribution is -2.16. The van der Waals surface area contributed by atoms with E-state index in [1.807, 2.05) is 30.3 Å². The highest BCUT2D eigenvalue weighted by Gasteiger charge is 2.22. The molecule has 3 aromatic rings. The summed E-state index contributed by atoms with van der Waals surface area (Å²) < 4.78 is 27.8. The molecule has 0 saturated heterocycles. The summed E-state index contributed by atoms with van der Waals surface area (Å²) in [4.78, 5) is 11.3. The van der Waals surface area contributed by atoms with Crippen molar-refractivity contribution in [3.8, 4) is 11.1 Å². The molecule has 0 atom stereocenters. The van der Waals surface area contributed by atoms with E-state index in [9.17, 15) is 18.3 Å². The van der Waals surface area contributed by atoms with Crippen LogP contribution >= 0.6 is 23.2 Å². The van der Waals surface area contributed by atoms with Crippen molar-refractivity contribution in [1.82, 2.24) is 0 Å². The summed E-state index contributed by atoms with van der Waals surface area (Å²) in [6.45, 7) is 0. The fraction of sp³-hybridized carbons (Fsp3) is 0. The van der Waals surface area contributed by atoms with Crippen LogP contribution in [0.3, 0.4) is 0 Å². The number of carbonyl (C=O) groups is 1. The van der Waals surface area contributed by atoms with Crippen LogP contribution in [0.1, 0.15) is 10.4 Å². The van der Waals surface area contributed by atoms with Crippen LogP contribution in [0.4, 0.5) is 5.69 Å². The molecule has 0 aliphatic rings. The van der Waals surface area contributed by atoms with Crippen LogP contribution in [0.25, 0.3) is 11.1 Å². The minimum absolute atomic E-state index is 0.0603. The predicted molar refractivity (Wildman–Crippen MR) is 106 cm³/mol. The number of anilines is 1. The number of hydrogen-bond donors (Lipinski definition) is 2. The van der Waals surface area contributed by atoms with Gasteiger partial charge in [0.25, 0.3) is 10.0 Å². The molecule has 5 nitrogen and oxygen atoms in total. The third kappa shape index (κ3) is 4.24. The molecule has 0 aliphatic heterocycles. The number of hydrogen-bond acceptors (Lipinski definition) is 3. The van der Waals surface area contributed by atoms with E-state index in [1.54, 1.807) is 6.07 Å². The summed E-state index contributed by atoms with van der Waals surface area (Å²) in [6, 6.07) is 17.6. The Labute approximate surface area is 166 Å². The van der Waals surface area contributed by atoms with Crippen molar-refractivity contribution in [2.75, 3.05) is 4.72 Å². The van der Waals surface area contributed by atoms with Gasteiger partial charge >= 0.3 is 5.97 Å². The second-order valence-electron chi connectivity index (χ2n) is 5.61. The normalized spacial score (nSPS) is 11.2. The van der Waals surface area contributed by atoms with Crippen LogP contribution in [0, 0.1) is 0 Å². The number of aromatic carboxylic acids is 1. The van der Waals surface area contributed by atoms with E-state index in [4.69, 9.17) is 23.2 Å². The van der Waals surface area contributed by atoms with Gasteiger partial charge in [-0.05, 0) is 41.5 Å². The average Bonchev–Trinajstić information content (AvgIpc) is 2.61. The van der Waals surface area contributed by atoms with Crippen molar-refractivity contribution in [1.29, 1.82) is 0 Å². The quantitative estimate of drug-likeness (QED) is 0.595. The molecule has 27 heavy (non-hydrogen) atoms. The van der Waals surface area contributed by atoms with Gasteiger partial charge in [0.05, 0.1) is 16.3 Å².